The first kappa shape index (κ1) is 15.4. The normalized spacial score (nSPS) is 9.76. The van der Waals surface area contributed by atoms with Crippen molar-refractivity contribution in [1.29, 1.82) is 5.26 Å². The average molecular weight is 241 g/mol. The summed E-state index contributed by atoms with van der Waals surface area (Å²) in [6, 6.07) is 2.18. The van der Waals surface area contributed by atoms with Gasteiger partial charge < -0.3 is 9.47 Å². The van der Waals surface area contributed by atoms with Gasteiger partial charge in [-0.1, -0.05) is 0 Å². The van der Waals surface area contributed by atoms with E-state index in [2.05, 4.69) is 15.5 Å². The minimum absolute atomic E-state index is 0.107. The molecule has 0 atom stereocenters. The van der Waals surface area contributed by atoms with E-state index in [9.17, 15) is 9.59 Å². The van der Waals surface area contributed by atoms with Gasteiger partial charge in [0.05, 0.1) is 20.3 Å². The van der Waals surface area contributed by atoms with Crippen molar-refractivity contribution in [3.63, 3.8) is 0 Å². The largest absolute Gasteiger partial charge is 0.469 e. The Bertz CT molecular complexity index is 261. The van der Waals surface area contributed by atoms with Crippen LogP contribution in [-0.2, 0) is 19.1 Å². The van der Waals surface area contributed by atoms with Gasteiger partial charge in [0.25, 0.3) is 0 Å². The maximum atomic E-state index is 10.9. The first-order chi connectivity index (χ1) is 8.13. The van der Waals surface area contributed by atoms with Crippen molar-refractivity contribution in [2.24, 2.45) is 5.92 Å². The fraction of sp³-hybridized carbons (Fsp3) is 0.750. The molecule has 0 N–H and O–H groups in total. The van der Waals surface area contributed by atoms with Gasteiger partial charge in [-0.2, -0.15) is 5.26 Å². The summed E-state index contributed by atoms with van der Waals surface area (Å²) in [5.74, 6) is -0.614. The van der Waals surface area contributed by atoms with Crippen molar-refractivity contribution in [2.75, 3.05) is 14.2 Å². The van der Waals surface area contributed by atoms with Crippen LogP contribution in [0.2, 0.25) is 0 Å². The fourth-order valence-electron chi connectivity index (χ4n) is 1.46. The van der Waals surface area contributed by atoms with Crippen molar-refractivity contribution >= 4 is 11.9 Å². The summed E-state index contributed by atoms with van der Waals surface area (Å²) < 4.78 is 9.02. The van der Waals surface area contributed by atoms with Crippen LogP contribution < -0.4 is 0 Å². The fourth-order valence-corrected chi connectivity index (χ4v) is 1.46. The molecule has 0 aliphatic rings. The molecular weight excluding hydrogens is 222 g/mol. The van der Waals surface area contributed by atoms with E-state index in [4.69, 9.17) is 5.26 Å². The molecule has 0 saturated carbocycles. The Morgan fingerprint density at radius 3 is 1.76 bits per heavy atom. The zero-order valence-corrected chi connectivity index (χ0v) is 10.4. The highest BCUT2D eigenvalue weighted by Gasteiger charge is 2.10. The van der Waals surface area contributed by atoms with Crippen LogP contribution in [0.25, 0.3) is 0 Å². The Balaban J connectivity index is 3.67. The number of hydrogen-bond donors (Lipinski definition) is 0. The molecule has 0 bridgehead atoms. The molecule has 0 saturated heterocycles. The monoisotopic (exact) mass is 241 g/mol. The van der Waals surface area contributed by atoms with Gasteiger partial charge in [0.1, 0.15) is 0 Å². The number of methoxy groups -OCH3 is 2. The molecule has 0 heterocycles. The number of rotatable bonds is 8. The molecule has 5 heteroatoms. The second-order valence-corrected chi connectivity index (χ2v) is 3.76. The van der Waals surface area contributed by atoms with Crippen molar-refractivity contribution in [3.05, 3.63) is 0 Å². The Morgan fingerprint density at radius 1 is 1.06 bits per heavy atom. The zero-order chi connectivity index (χ0) is 13.1. The molecule has 0 aromatic heterocycles. The van der Waals surface area contributed by atoms with Crippen LogP contribution in [0.5, 0.6) is 0 Å². The lowest BCUT2D eigenvalue weighted by molar-refractivity contribution is -0.141. The maximum absolute atomic E-state index is 10.9. The number of carbonyl (C=O) groups excluding carboxylic acids is 2. The molecule has 0 unspecified atom stereocenters. The Morgan fingerprint density at radius 2 is 1.47 bits per heavy atom. The summed E-state index contributed by atoms with van der Waals surface area (Å²) in [7, 11) is 2.70. The Hall–Kier alpha value is -1.57. The molecule has 0 amide bonds. The lowest BCUT2D eigenvalue weighted by Gasteiger charge is -2.07. The van der Waals surface area contributed by atoms with Gasteiger partial charge in [-0.25, -0.2) is 0 Å². The van der Waals surface area contributed by atoms with Gasteiger partial charge in [0.15, 0.2) is 0 Å². The van der Waals surface area contributed by atoms with Crippen molar-refractivity contribution in [1.82, 2.24) is 0 Å². The maximum Gasteiger partial charge on any atom is 0.305 e. The van der Waals surface area contributed by atoms with Crippen molar-refractivity contribution in [2.45, 2.75) is 38.5 Å². The molecule has 96 valence electrons. The molecule has 17 heavy (non-hydrogen) atoms. The molecule has 0 rings (SSSR count). The summed E-state index contributed by atoms with van der Waals surface area (Å²) in [4.78, 5) is 21.7. The van der Waals surface area contributed by atoms with E-state index in [-0.39, 0.29) is 17.9 Å². The molecule has 0 aliphatic carbocycles. The molecule has 0 aromatic carbocycles. The number of nitrogens with zero attached hydrogens (tertiary/aromatic N) is 1. The summed E-state index contributed by atoms with van der Waals surface area (Å²) >= 11 is 0. The van der Waals surface area contributed by atoms with Crippen LogP contribution in [0, 0.1) is 17.2 Å². The van der Waals surface area contributed by atoms with Crippen molar-refractivity contribution < 1.29 is 19.1 Å². The quantitative estimate of drug-likeness (QED) is 0.606. The number of hydrogen-bond acceptors (Lipinski definition) is 5. The standard InChI is InChI=1S/C12H19NO4/c1-16-11(14)7-3-5-10(9-13)6-4-8-12(15)17-2/h10H,3-8H2,1-2H3. The summed E-state index contributed by atoms with van der Waals surface area (Å²) in [6.07, 6.45) is 3.28. The third-order valence-corrected chi connectivity index (χ3v) is 2.50. The minimum atomic E-state index is -0.253. The van der Waals surface area contributed by atoms with Crippen LogP contribution in [-0.4, -0.2) is 26.2 Å². The molecule has 0 spiro atoms. The third-order valence-electron chi connectivity index (χ3n) is 2.50. The summed E-state index contributed by atoms with van der Waals surface area (Å²) in [5, 5.41) is 8.89. The predicted molar refractivity (Wildman–Crippen MR) is 60.8 cm³/mol. The molecule has 0 aliphatic heterocycles. The lowest BCUT2D eigenvalue weighted by atomic mass is 9.97. The van der Waals surface area contributed by atoms with Gasteiger partial charge in [-0.3, -0.25) is 9.59 Å². The first-order valence-corrected chi connectivity index (χ1v) is 5.67. The van der Waals surface area contributed by atoms with E-state index in [0.29, 0.717) is 38.5 Å². The summed E-state index contributed by atoms with van der Waals surface area (Å²) in [5.41, 5.74) is 0. The second-order valence-electron chi connectivity index (χ2n) is 3.76. The van der Waals surface area contributed by atoms with Crippen molar-refractivity contribution in [3.8, 4) is 6.07 Å². The highest BCUT2D eigenvalue weighted by atomic mass is 16.5. The van der Waals surface area contributed by atoms with E-state index in [1.54, 1.807) is 0 Å². The van der Waals surface area contributed by atoms with Gasteiger partial charge in [-0.15, -0.1) is 0 Å². The average Bonchev–Trinajstić information content (AvgIpc) is 2.36. The van der Waals surface area contributed by atoms with Crippen LogP contribution >= 0.6 is 0 Å². The SMILES string of the molecule is COC(=O)CCCC(C#N)CCCC(=O)OC. The molecule has 5 nitrogen and oxygen atoms in total. The zero-order valence-electron chi connectivity index (χ0n) is 10.4. The minimum Gasteiger partial charge on any atom is -0.469 e. The van der Waals surface area contributed by atoms with Crippen LogP contribution in [0.1, 0.15) is 38.5 Å². The Labute approximate surface area is 102 Å². The lowest BCUT2D eigenvalue weighted by Crippen LogP contribution is -2.05. The van der Waals surface area contributed by atoms with E-state index in [0.717, 1.165) is 0 Å². The predicted octanol–water partition coefficient (Wildman–Crippen LogP) is 1.81. The van der Waals surface area contributed by atoms with E-state index < -0.39 is 0 Å². The number of esters is 2. The van der Waals surface area contributed by atoms with Gasteiger partial charge >= 0.3 is 11.9 Å². The van der Waals surface area contributed by atoms with Gasteiger partial charge in [0.2, 0.25) is 0 Å². The van der Waals surface area contributed by atoms with Crippen LogP contribution in [0.15, 0.2) is 0 Å². The molecular formula is C12H19NO4. The highest BCUT2D eigenvalue weighted by Crippen LogP contribution is 2.15. The topological polar surface area (TPSA) is 76.4 Å². The highest BCUT2D eigenvalue weighted by molar-refractivity contribution is 5.69. The number of ether oxygens (including phenoxy) is 2. The first-order valence-electron chi connectivity index (χ1n) is 5.67. The smallest absolute Gasteiger partial charge is 0.305 e. The number of carbonyl (C=O) groups is 2. The van der Waals surface area contributed by atoms with E-state index >= 15 is 0 Å². The van der Waals surface area contributed by atoms with Gasteiger partial charge in [0, 0.05) is 18.8 Å². The third kappa shape index (κ3) is 8.26. The van der Waals surface area contributed by atoms with E-state index in [1.165, 1.54) is 14.2 Å². The second kappa shape index (κ2) is 9.64. The van der Waals surface area contributed by atoms with Crippen LogP contribution in [0.3, 0.4) is 0 Å². The van der Waals surface area contributed by atoms with E-state index in [1.807, 2.05) is 0 Å². The van der Waals surface area contributed by atoms with Crippen LogP contribution in [0.4, 0.5) is 0 Å². The molecule has 0 fully saturated rings. The number of nitriles is 1. The molecule has 0 aromatic rings. The van der Waals surface area contributed by atoms with Gasteiger partial charge in [-0.05, 0) is 25.7 Å². The molecule has 0 radical (unpaired) electrons. The Kier molecular flexibility index (Phi) is 8.75. The summed E-state index contributed by atoms with van der Waals surface area (Å²) in [6.45, 7) is 0.